The molecule has 0 spiro atoms. The maximum absolute atomic E-state index is 8.75. The molecule has 1 rings (SSSR count). The van der Waals surface area contributed by atoms with E-state index in [1.54, 1.807) is 6.07 Å². The summed E-state index contributed by atoms with van der Waals surface area (Å²) in [7, 11) is 0. The summed E-state index contributed by atoms with van der Waals surface area (Å²) >= 11 is 5.92. The molecular weight excluding hydrogens is 226 g/mol. The van der Waals surface area contributed by atoms with Gasteiger partial charge in [-0.25, -0.2) is 4.98 Å². The first-order valence-corrected chi connectivity index (χ1v) is 5.55. The fourth-order valence-corrected chi connectivity index (χ4v) is 1.34. The standard InChI is InChI=1S/C11H14ClN3O/c1-2-4-14-6-7-16-11-10(12)9(8-13)3-5-15-11/h3,5,14H,2,4,6-7H2,1H3. The van der Waals surface area contributed by atoms with E-state index in [1.165, 1.54) is 6.20 Å². The van der Waals surface area contributed by atoms with Crippen LogP contribution < -0.4 is 10.1 Å². The van der Waals surface area contributed by atoms with Crippen LogP contribution in [0.3, 0.4) is 0 Å². The predicted octanol–water partition coefficient (Wildman–Crippen LogP) is 1.99. The topological polar surface area (TPSA) is 57.9 Å². The van der Waals surface area contributed by atoms with Crippen LogP contribution in [0.1, 0.15) is 18.9 Å². The predicted molar refractivity (Wildman–Crippen MR) is 62.6 cm³/mol. The molecule has 1 aromatic heterocycles. The number of aromatic nitrogens is 1. The summed E-state index contributed by atoms with van der Waals surface area (Å²) in [5.74, 6) is 0.319. The van der Waals surface area contributed by atoms with Gasteiger partial charge in [0.1, 0.15) is 17.7 Å². The SMILES string of the molecule is CCCNCCOc1nccc(C#N)c1Cl. The number of halogens is 1. The van der Waals surface area contributed by atoms with Gasteiger partial charge in [-0.15, -0.1) is 0 Å². The molecule has 0 aliphatic carbocycles. The first-order valence-electron chi connectivity index (χ1n) is 5.17. The molecule has 0 radical (unpaired) electrons. The molecule has 0 unspecified atom stereocenters. The Kier molecular flexibility index (Phi) is 5.62. The van der Waals surface area contributed by atoms with Gasteiger partial charge >= 0.3 is 0 Å². The van der Waals surface area contributed by atoms with Gasteiger partial charge in [-0.3, -0.25) is 0 Å². The highest BCUT2D eigenvalue weighted by molar-refractivity contribution is 6.32. The van der Waals surface area contributed by atoms with Crippen molar-refractivity contribution >= 4 is 11.6 Å². The van der Waals surface area contributed by atoms with Crippen molar-refractivity contribution in [2.75, 3.05) is 19.7 Å². The van der Waals surface area contributed by atoms with Crippen LogP contribution in [-0.4, -0.2) is 24.7 Å². The van der Waals surface area contributed by atoms with Crippen molar-refractivity contribution in [2.24, 2.45) is 0 Å². The average Bonchev–Trinajstić information content (AvgIpc) is 2.31. The fourth-order valence-electron chi connectivity index (χ4n) is 1.13. The second-order valence-corrected chi connectivity index (χ2v) is 3.57. The minimum Gasteiger partial charge on any atom is -0.475 e. The van der Waals surface area contributed by atoms with Crippen LogP contribution in [0, 0.1) is 11.3 Å². The van der Waals surface area contributed by atoms with E-state index in [0.717, 1.165) is 19.5 Å². The van der Waals surface area contributed by atoms with Crippen molar-refractivity contribution in [1.29, 1.82) is 5.26 Å². The number of rotatable bonds is 6. The van der Waals surface area contributed by atoms with Crippen LogP contribution in [0.4, 0.5) is 0 Å². The fraction of sp³-hybridized carbons (Fsp3) is 0.455. The molecule has 0 aromatic carbocycles. The third-order valence-electron chi connectivity index (χ3n) is 1.92. The van der Waals surface area contributed by atoms with E-state index in [1.807, 2.05) is 6.07 Å². The number of nitriles is 1. The second-order valence-electron chi connectivity index (χ2n) is 3.19. The van der Waals surface area contributed by atoms with Gasteiger partial charge in [-0.2, -0.15) is 5.26 Å². The van der Waals surface area contributed by atoms with Gasteiger partial charge in [0, 0.05) is 12.7 Å². The van der Waals surface area contributed by atoms with Gasteiger partial charge in [-0.05, 0) is 19.0 Å². The van der Waals surface area contributed by atoms with Crippen LogP contribution >= 0.6 is 11.6 Å². The lowest BCUT2D eigenvalue weighted by Crippen LogP contribution is -2.21. The molecule has 0 saturated heterocycles. The maximum Gasteiger partial charge on any atom is 0.233 e. The summed E-state index contributed by atoms with van der Waals surface area (Å²) in [4.78, 5) is 3.97. The van der Waals surface area contributed by atoms with Gasteiger partial charge in [-0.1, -0.05) is 18.5 Å². The molecule has 1 heterocycles. The molecule has 16 heavy (non-hydrogen) atoms. The largest absolute Gasteiger partial charge is 0.475 e. The smallest absolute Gasteiger partial charge is 0.233 e. The zero-order valence-electron chi connectivity index (χ0n) is 9.16. The number of nitrogens with one attached hydrogen (secondary N) is 1. The molecule has 0 atom stereocenters. The molecule has 0 bridgehead atoms. The third-order valence-corrected chi connectivity index (χ3v) is 2.29. The van der Waals surface area contributed by atoms with Crippen molar-refractivity contribution in [1.82, 2.24) is 10.3 Å². The lowest BCUT2D eigenvalue weighted by Gasteiger charge is -2.07. The maximum atomic E-state index is 8.75. The first-order chi connectivity index (χ1) is 7.79. The van der Waals surface area contributed by atoms with Gasteiger partial charge < -0.3 is 10.1 Å². The summed E-state index contributed by atoms with van der Waals surface area (Å²) in [5, 5.41) is 12.2. The molecule has 0 amide bonds. The minimum absolute atomic E-state index is 0.278. The van der Waals surface area contributed by atoms with E-state index < -0.39 is 0 Å². The highest BCUT2D eigenvalue weighted by Crippen LogP contribution is 2.24. The molecule has 5 heteroatoms. The first kappa shape index (κ1) is 12.8. The summed E-state index contributed by atoms with van der Waals surface area (Å²) in [5.41, 5.74) is 0.383. The lowest BCUT2D eigenvalue weighted by atomic mass is 10.3. The summed E-state index contributed by atoms with van der Waals surface area (Å²) in [6, 6.07) is 3.54. The highest BCUT2D eigenvalue weighted by Gasteiger charge is 2.07. The van der Waals surface area contributed by atoms with E-state index in [0.29, 0.717) is 18.1 Å². The average molecular weight is 240 g/mol. The number of hydrogen-bond donors (Lipinski definition) is 1. The van der Waals surface area contributed by atoms with E-state index in [-0.39, 0.29) is 5.02 Å². The zero-order chi connectivity index (χ0) is 11.8. The molecule has 1 aromatic rings. The van der Waals surface area contributed by atoms with Crippen molar-refractivity contribution < 1.29 is 4.74 Å². The number of ether oxygens (including phenoxy) is 1. The molecule has 86 valence electrons. The molecule has 0 fully saturated rings. The Morgan fingerprint density at radius 3 is 3.06 bits per heavy atom. The molecule has 0 aliphatic heterocycles. The normalized spacial score (nSPS) is 9.81. The minimum atomic E-state index is 0.278. The van der Waals surface area contributed by atoms with E-state index >= 15 is 0 Å². The zero-order valence-corrected chi connectivity index (χ0v) is 9.92. The van der Waals surface area contributed by atoms with Gasteiger partial charge in [0.15, 0.2) is 0 Å². The van der Waals surface area contributed by atoms with Gasteiger partial charge in [0.2, 0.25) is 5.88 Å². The molecule has 4 nitrogen and oxygen atoms in total. The Hall–Kier alpha value is -1.31. The van der Waals surface area contributed by atoms with Crippen LogP contribution in [0.2, 0.25) is 5.02 Å². The quantitative estimate of drug-likeness (QED) is 0.772. The van der Waals surface area contributed by atoms with Crippen molar-refractivity contribution in [3.8, 4) is 11.9 Å². The summed E-state index contributed by atoms with van der Waals surface area (Å²) in [6.45, 7) is 4.29. The molecule has 0 saturated carbocycles. The summed E-state index contributed by atoms with van der Waals surface area (Å²) < 4.78 is 5.37. The van der Waals surface area contributed by atoms with Crippen molar-refractivity contribution in [2.45, 2.75) is 13.3 Å². The van der Waals surface area contributed by atoms with E-state index in [9.17, 15) is 0 Å². The van der Waals surface area contributed by atoms with Crippen LogP contribution in [0.5, 0.6) is 5.88 Å². The van der Waals surface area contributed by atoms with E-state index in [2.05, 4.69) is 17.2 Å². The van der Waals surface area contributed by atoms with Crippen LogP contribution in [0.15, 0.2) is 12.3 Å². The Bertz CT molecular complexity index is 376. The Morgan fingerprint density at radius 1 is 1.56 bits per heavy atom. The Balaban J connectivity index is 2.45. The number of hydrogen-bond acceptors (Lipinski definition) is 4. The molecular formula is C11H14ClN3O. The number of nitrogens with zero attached hydrogens (tertiary/aromatic N) is 2. The Labute approximate surface area is 100 Å². The monoisotopic (exact) mass is 239 g/mol. The van der Waals surface area contributed by atoms with Gasteiger partial charge in [0.25, 0.3) is 0 Å². The number of pyridine rings is 1. The van der Waals surface area contributed by atoms with Crippen LogP contribution in [-0.2, 0) is 0 Å². The molecule has 0 aliphatic rings. The lowest BCUT2D eigenvalue weighted by molar-refractivity contribution is 0.303. The van der Waals surface area contributed by atoms with Crippen molar-refractivity contribution in [3.05, 3.63) is 22.8 Å². The summed E-state index contributed by atoms with van der Waals surface area (Å²) in [6.07, 6.45) is 2.60. The van der Waals surface area contributed by atoms with Gasteiger partial charge in [0.05, 0.1) is 5.56 Å². The van der Waals surface area contributed by atoms with Crippen molar-refractivity contribution in [3.63, 3.8) is 0 Å². The van der Waals surface area contributed by atoms with E-state index in [4.69, 9.17) is 21.6 Å². The Morgan fingerprint density at radius 2 is 2.38 bits per heavy atom. The molecule has 1 N–H and O–H groups in total. The second kappa shape index (κ2) is 7.04. The third kappa shape index (κ3) is 3.69. The van der Waals surface area contributed by atoms with Crippen LogP contribution in [0.25, 0.3) is 0 Å². The highest BCUT2D eigenvalue weighted by atomic mass is 35.5.